The van der Waals surface area contributed by atoms with Crippen LogP contribution in [0.4, 0.5) is 0 Å². The topological polar surface area (TPSA) is 60.7 Å². The van der Waals surface area contributed by atoms with Gasteiger partial charge in [-0.2, -0.15) is 5.10 Å². The predicted molar refractivity (Wildman–Crippen MR) is 100 cm³/mol. The maximum atomic E-state index is 12.8. The van der Waals surface area contributed by atoms with Crippen LogP contribution in [-0.2, 0) is 6.42 Å². The molecule has 0 radical (unpaired) electrons. The summed E-state index contributed by atoms with van der Waals surface area (Å²) in [4.78, 5) is 21.9. The second-order valence-electron chi connectivity index (χ2n) is 6.85. The Morgan fingerprint density at radius 2 is 1.81 bits per heavy atom. The number of benzene rings is 1. The third kappa shape index (κ3) is 2.92. The molecule has 6 heteroatoms. The highest BCUT2D eigenvalue weighted by Gasteiger charge is 2.32. The fraction of sp³-hybridized carbons (Fsp3) is 0.300. The van der Waals surface area contributed by atoms with Crippen LogP contribution in [0.2, 0.25) is 5.02 Å². The number of nitrogens with zero attached hydrogens (tertiary/aromatic N) is 4. The van der Waals surface area contributed by atoms with Crippen molar-refractivity contribution >= 4 is 17.4 Å². The van der Waals surface area contributed by atoms with Crippen LogP contribution in [0.25, 0.3) is 5.95 Å². The van der Waals surface area contributed by atoms with Crippen molar-refractivity contribution < 1.29 is 4.79 Å². The van der Waals surface area contributed by atoms with E-state index in [0.29, 0.717) is 29.4 Å². The molecule has 0 saturated carbocycles. The van der Waals surface area contributed by atoms with E-state index in [0.717, 1.165) is 28.3 Å². The van der Waals surface area contributed by atoms with Gasteiger partial charge in [0.1, 0.15) is 0 Å². The van der Waals surface area contributed by atoms with E-state index in [9.17, 15) is 4.79 Å². The van der Waals surface area contributed by atoms with Crippen LogP contribution in [0.3, 0.4) is 0 Å². The van der Waals surface area contributed by atoms with E-state index in [-0.39, 0.29) is 11.7 Å². The molecule has 1 atom stereocenters. The first-order chi connectivity index (χ1) is 12.4. The van der Waals surface area contributed by atoms with E-state index in [4.69, 9.17) is 11.6 Å². The number of halogens is 1. The summed E-state index contributed by atoms with van der Waals surface area (Å²) >= 11 is 6.14. The van der Waals surface area contributed by atoms with Gasteiger partial charge in [-0.25, -0.2) is 14.6 Å². The van der Waals surface area contributed by atoms with Gasteiger partial charge in [-0.05, 0) is 56.9 Å². The van der Waals surface area contributed by atoms with Gasteiger partial charge in [0.2, 0.25) is 0 Å². The van der Waals surface area contributed by atoms with Crippen molar-refractivity contribution in [3.05, 3.63) is 69.3 Å². The minimum absolute atomic E-state index is 0.0782. The van der Waals surface area contributed by atoms with Gasteiger partial charge in [0.15, 0.2) is 5.78 Å². The Balaban J connectivity index is 1.82. The number of Topliss-reactive ketones (excluding diaryl/α,β-unsaturated/α-hetero) is 1. The second kappa shape index (κ2) is 6.32. The summed E-state index contributed by atoms with van der Waals surface area (Å²) in [7, 11) is 0. The highest BCUT2D eigenvalue weighted by atomic mass is 35.5. The summed E-state index contributed by atoms with van der Waals surface area (Å²) in [6.07, 6.45) is 1.17. The first-order valence-corrected chi connectivity index (χ1v) is 9.00. The molecule has 3 aromatic rings. The average Bonchev–Trinajstić information content (AvgIpc) is 2.91. The van der Waals surface area contributed by atoms with Crippen LogP contribution in [0.15, 0.2) is 30.3 Å². The van der Waals surface area contributed by atoms with Gasteiger partial charge in [0.05, 0.1) is 17.0 Å². The van der Waals surface area contributed by atoms with Gasteiger partial charge in [0, 0.05) is 22.8 Å². The molecule has 26 heavy (non-hydrogen) atoms. The number of ketones is 1. The monoisotopic (exact) mass is 366 g/mol. The van der Waals surface area contributed by atoms with E-state index in [1.807, 2.05) is 51.1 Å². The lowest BCUT2D eigenvalue weighted by Crippen LogP contribution is -2.21. The minimum atomic E-state index is 0.0782. The number of hydrogen-bond acceptors (Lipinski definition) is 4. The smallest absolute Gasteiger partial charge is 0.251 e. The number of carbonyl (C=O) groups excluding carboxylic acids is 1. The zero-order valence-corrected chi connectivity index (χ0v) is 15.7. The van der Waals surface area contributed by atoms with Crippen LogP contribution in [0.1, 0.15) is 51.0 Å². The van der Waals surface area contributed by atoms with Crippen molar-refractivity contribution in [2.24, 2.45) is 0 Å². The first kappa shape index (κ1) is 16.9. The van der Waals surface area contributed by atoms with Crippen LogP contribution in [-0.4, -0.2) is 25.5 Å². The van der Waals surface area contributed by atoms with Gasteiger partial charge in [-0.15, -0.1) is 0 Å². The maximum absolute atomic E-state index is 12.8. The summed E-state index contributed by atoms with van der Waals surface area (Å²) in [6, 6.07) is 9.65. The zero-order valence-electron chi connectivity index (χ0n) is 15.0. The van der Waals surface area contributed by atoms with E-state index >= 15 is 0 Å². The van der Waals surface area contributed by atoms with Crippen molar-refractivity contribution in [1.82, 2.24) is 19.7 Å². The van der Waals surface area contributed by atoms with Gasteiger partial charge < -0.3 is 0 Å². The Morgan fingerprint density at radius 3 is 2.50 bits per heavy atom. The summed E-state index contributed by atoms with van der Waals surface area (Å²) < 4.78 is 1.74. The molecular weight excluding hydrogens is 348 g/mol. The molecule has 0 N–H and O–H groups in total. The van der Waals surface area contributed by atoms with Crippen LogP contribution in [0, 0.1) is 20.8 Å². The van der Waals surface area contributed by atoms with E-state index < -0.39 is 0 Å². The molecule has 0 aliphatic heterocycles. The van der Waals surface area contributed by atoms with Crippen molar-refractivity contribution in [3.63, 3.8) is 0 Å². The molecule has 132 valence electrons. The zero-order chi connectivity index (χ0) is 18.4. The summed E-state index contributed by atoms with van der Waals surface area (Å²) in [5, 5.41) is 5.27. The highest BCUT2D eigenvalue weighted by Crippen LogP contribution is 2.35. The Labute approximate surface area is 157 Å². The number of hydrogen-bond donors (Lipinski definition) is 0. The SMILES string of the molecule is Cc1cc(C)nc(-n2nc(C)c3c2C[C@@H](c2cccc(Cl)c2)CC3=O)n1. The second-order valence-corrected chi connectivity index (χ2v) is 7.29. The molecule has 0 spiro atoms. The molecule has 0 saturated heterocycles. The lowest BCUT2D eigenvalue weighted by atomic mass is 9.81. The van der Waals surface area contributed by atoms with E-state index in [2.05, 4.69) is 15.1 Å². The number of rotatable bonds is 2. The summed E-state index contributed by atoms with van der Waals surface area (Å²) in [5.41, 5.74) is 5.16. The Hall–Kier alpha value is -2.53. The molecule has 1 aliphatic carbocycles. The third-order valence-electron chi connectivity index (χ3n) is 4.79. The van der Waals surface area contributed by atoms with Crippen LogP contribution in [0.5, 0.6) is 0 Å². The largest absolute Gasteiger partial charge is 0.294 e. The van der Waals surface area contributed by atoms with Crippen LogP contribution < -0.4 is 0 Å². The average molecular weight is 367 g/mol. The van der Waals surface area contributed by atoms with E-state index in [1.165, 1.54) is 0 Å². The fourth-order valence-electron chi connectivity index (χ4n) is 3.72. The number of fused-ring (bicyclic) bond motifs is 1. The lowest BCUT2D eigenvalue weighted by Gasteiger charge is -2.23. The van der Waals surface area contributed by atoms with Crippen molar-refractivity contribution in [3.8, 4) is 5.95 Å². The molecule has 5 nitrogen and oxygen atoms in total. The van der Waals surface area contributed by atoms with E-state index in [1.54, 1.807) is 4.68 Å². The van der Waals surface area contributed by atoms with Gasteiger partial charge in [0.25, 0.3) is 5.95 Å². The lowest BCUT2D eigenvalue weighted by molar-refractivity contribution is 0.0963. The summed E-state index contributed by atoms with van der Waals surface area (Å²) in [5.74, 6) is 0.713. The molecule has 0 bridgehead atoms. The quantitative estimate of drug-likeness (QED) is 0.683. The molecule has 0 amide bonds. The molecule has 0 unspecified atom stereocenters. The van der Waals surface area contributed by atoms with Crippen molar-refractivity contribution in [2.45, 2.75) is 39.5 Å². The number of carbonyl (C=O) groups is 1. The predicted octanol–water partition coefficient (Wildman–Crippen LogP) is 4.15. The maximum Gasteiger partial charge on any atom is 0.251 e. The Bertz CT molecular complexity index is 1000. The Morgan fingerprint density at radius 1 is 1.08 bits per heavy atom. The summed E-state index contributed by atoms with van der Waals surface area (Å²) in [6.45, 7) is 5.73. The minimum Gasteiger partial charge on any atom is -0.294 e. The molecular formula is C20H19ClN4O. The van der Waals surface area contributed by atoms with Crippen molar-refractivity contribution in [2.75, 3.05) is 0 Å². The molecule has 2 aromatic heterocycles. The Kier molecular flexibility index (Phi) is 4.11. The van der Waals surface area contributed by atoms with Gasteiger partial charge in [-0.1, -0.05) is 23.7 Å². The molecule has 1 aliphatic rings. The molecule has 4 rings (SSSR count). The third-order valence-corrected chi connectivity index (χ3v) is 5.02. The van der Waals surface area contributed by atoms with Crippen LogP contribution >= 0.6 is 11.6 Å². The fourth-order valence-corrected chi connectivity index (χ4v) is 3.92. The molecule has 1 aromatic carbocycles. The van der Waals surface area contributed by atoms with Gasteiger partial charge >= 0.3 is 0 Å². The number of aromatic nitrogens is 4. The standard InChI is InChI=1S/C20H19ClN4O/c1-11-7-12(2)23-20(22-11)25-17-9-15(14-5-4-6-16(21)8-14)10-18(26)19(17)13(3)24-25/h4-8,15H,9-10H2,1-3H3/t15-/m1/s1. The van der Waals surface area contributed by atoms with Crippen molar-refractivity contribution in [1.29, 1.82) is 0 Å². The molecule has 0 fully saturated rings. The normalized spacial score (nSPS) is 16.6. The highest BCUT2D eigenvalue weighted by molar-refractivity contribution is 6.30. The molecule has 2 heterocycles. The van der Waals surface area contributed by atoms with Gasteiger partial charge in [-0.3, -0.25) is 4.79 Å². The number of aryl methyl sites for hydroxylation is 3. The first-order valence-electron chi connectivity index (χ1n) is 8.62.